The number of anilines is 1. The van der Waals surface area contributed by atoms with Gasteiger partial charge in [-0.3, -0.25) is 4.79 Å². The Morgan fingerprint density at radius 3 is 2.40 bits per heavy atom. The molecule has 0 aromatic heterocycles. The van der Waals surface area contributed by atoms with Crippen molar-refractivity contribution in [3.05, 3.63) is 53.6 Å². The Balaban J connectivity index is 1.50. The lowest BCUT2D eigenvalue weighted by Gasteiger charge is -2.11. The fourth-order valence-electron chi connectivity index (χ4n) is 2.72. The fourth-order valence-corrected chi connectivity index (χ4v) is 2.72. The molecule has 0 atom stereocenters. The molecule has 7 heteroatoms. The highest BCUT2D eigenvalue weighted by atomic mass is 19.4. The van der Waals surface area contributed by atoms with Crippen LogP contribution in [0.2, 0.25) is 0 Å². The Kier molecular flexibility index (Phi) is 4.83. The van der Waals surface area contributed by atoms with Crippen LogP contribution in [0.15, 0.2) is 42.5 Å². The Hall–Kier alpha value is -2.70. The minimum absolute atomic E-state index is 0.181. The number of aryl methyl sites for hydroxylation is 2. The molecule has 0 radical (unpaired) electrons. The van der Waals surface area contributed by atoms with Crippen molar-refractivity contribution in [2.24, 2.45) is 0 Å². The van der Waals surface area contributed by atoms with Crippen molar-refractivity contribution in [1.29, 1.82) is 0 Å². The smallest absolute Gasteiger partial charge is 0.484 e. The Morgan fingerprint density at radius 2 is 1.68 bits per heavy atom. The van der Waals surface area contributed by atoms with Crippen molar-refractivity contribution in [3.63, 3.8) is 0 Å². The molecule has 0 saturated heterocycles. The summed E-state index contributed by atoms with van der Waals surface area (Å²) in [6.07, 6.45) is -1.52. The predicted octanol–water partition coefficient (Wildman–Crippen LogP) is 4.09. The molecule has 0 saturated carbocycles. The van der Waals surface area contributed by atoms with Gasteiger partial charge in [0, 0.05) is 5.69 Å². The highest BCUT2D eigenvalue weighted by Crippen LogP contribution is 2.26. The van der Waals surface area contributed by atoms with Gasteiger partial charge in [-0.1, -0.05) is 6.07 Å². The molecule has 1 aliphatic carbocycles. The molecule has 1 amide bonds. The summed E-state index contributed by atoms with van der Waals surface area (Å²) in [7, 11) is 0. The average Bonchev–Trinajstić information content (AvgIpc) is 3.01. The first-order valence-electron chi connectivity index (χ1n) is 7.79. The lowest BCUT2D eigenvalue weighted by atomic mass is 10.1. The molecule has 2 aromatic rings. The van der Waals surface area contributed by atoms with Crippen LogP contribution in [-0.4, -0.2) is 18.9 Å². The predicted molar refractivity (Wildman–Crippen MR) is 85.7 cm³/mol. The van der Waals surface area contributed by atoms with E-state index in [2.05, 4.69) is 10.1 Å². The lowest BCUT2D eigenvalue weighted by molar-refractivity contribution is -0.274. The van der Waals surface area contributed by atoms with E-state index in [0.717, 1.165) is 31.4 Å². The van der Waals surface area contributed by atoms with E-state index in [0.29, 0.717) is 11.4 Å². The number of rotatable bonds is 5. The van der Waals surface area contributed by atoms with Crippen LogP contribution in [0, 0.1) is 0 Å². The van der Waals surface area contributed by atoms with E-state index in [1.54, 1.807) is 0 Å². The van der Waals surface area contributed by atoms with Gasteiger partial charge in [0.2, 0.25) is 0 Å². The van der Waals surface area contributed by atoms with Gasteiger partial charge in [0.15, 0.2) is 6.61 Å². The summed E-state index contributed by atoms with van der Waals surface area (Å²) < 4.78 is 45.5. The van der Waals surface area contributed by atoms with Crippen LogP contribution in [0.1, 0.15) is 17.5 Å². The van der Waals surface area contributed by atoms with Crippen LogP contribution < -0.4 is 14.8 Å². The second-order valence-electron chi connectivity index (χ2n) is 5.69. The maximum atomic E-state index is 12.1. The van der Waals surface area contributed by atoms with Crippen LogP contribution in [-0.2, 0) is 17.6 Å². The van der Waals surface area contributed by atoms with E-state index in [9.17, 15) is 18.0 Å². The summed E-state index contributed by atoms with van der Waals surface area (Å²) in [6.45, 7) is -0.181. The number of nitrogens with one attached hydrogen (secondary N) is 1. The minimum atomic E-state index is -4.74. The number of hydrogen-bond acceptors (Lipinski definition) is 3. The number of amides is 1. The first-order valence-corrected chi connectivity index (χ1v) is 7.79. The van der Waals surface area contributed by atoms with E-state index >= 15 is 0 Å². The molecule has 4 nitrogen and oxygen atoms in total. The molecule has 132 valence electrons. The van der Waals surface area contributed by atoms with Crippen molar-refractivity contribution in [3.8, 4) is 11.5 Å². The molecule has 1 aliphatic rings. The van der Waals surface area contributed by atoms with Crippen molar-refractivity contribution >= 4 is 11.6 Å². The standard InChI is InChI=1S/C18H16F3NO3/c19-18(20,21)25-15-8-5-14(6-9-15)22-17(23)11-24-16-7-4-12-2-1-3-13(12)10-16/h4-10H,1-3,11H2,(H,22,23). The second kappa shape index (κ2) is 7.04. The van der Waals surface area contributed by atoms with E-state index in [-0.39, 0.29) is 12.4 Å². The van der Waals surface area contributed by atoms with Gasteiger partial charge in [0.05, 0.1) is 0 Å². The fraction of sp³-hybridized carbons (Fsp3) is 0.278. The molecule has 2 aromatic carbocycles. The van der Waals surface area contributed by atoms with E-state index in [4.69, 9.17) is 4.74 Å². The third-order valence-electron chi connectivity index (χ3n) is 3.81. The number of hydrogen-bond donors (Lipinski definition) is 1. The number of ether oxygens (including phenoxy) is 2. The highest BCUT2D eigenvalue weighted by molar-refractivity contribution is 5.91. The first kappa shape index (κ1) is 17.1. The SMILES string of the molecule is O=C(COc1ccc2c(c1)CCC2)Nc1ccc(OC(F)(F)F)cc1. The van der Waals surface area contributed by atoms with Crippen molar-refractivity contribution < 1.29 is 27.4 Å². The van der Waals surface area contributed by atoms with Gasteiger partial charge in [-0.2, -0.15) is 0 Å². The zero-order valence-corrected chi connectivity index (χ0v) is 13.2. The third kappa shape index (κ3) is 4.89. The number of fused-ring (bicyclic) bond motifs is 1. The van der Waals surface area contributed by atoms with Gasteiger partial charge in [0.25, 0.3) is 5.91 Å². The molecular formula is C18H16F3NO3. The monoisotopic (exact) mass is 351 g/mol. The van der Waals surface area contributed by atoms with Gasteiger partial charge in [-0.05, 0) is 66.8 Å². The Bertz CT molecular complexity index is 757. The maximum absolute atomic E-state index is 12.1. The van der Waals surface area contributed by atoms with Crippen molar-refractivity contribution in [1.82, 2.24) is 0 Å². The molecular weight excluding hydrogens is 335 g/mol. The number of carbonyl (C=O) groups excluding carboxylic acids is 1. The minimum Gasteiger partial charge on any atom is -0.484 e. The molecule has 0 spiro atoms. The molecule has 1 N–H and O–H groups in total. The van der Waals surface area contributed by atoms with E-state index < -0.39 is 12.3 Å². The lowest BCUT2D eigenvalue weighted by Crippen LogP contribution is -2.20. The average molecular weight is 351 g/mol. The van der Waals surface area contributed by atoms with Crippen molar-refractivity contribution in [2.45, 2.75) is 25.6 Å². The largest absolute Gasteiger partial charge is 0.573 e. The summed E-state index contributed by atoms with van der Waals surface area (Å²) >= 11 is 0. The molecule has 25 heavy (non-hydrogen) atoms. The number of carbonyl (C=O) groups is 1. The van der Waals surface area contributed by atoms with Crippen molar-refractivity contribution in [2.75, 3.05) is 11.9 Å². The molecule has 0 unspecified atom stereocenters. The van der Waals surface area contributed by atoms with Crippen LogP contribution in [0.4, 0.5) is 18.9 Å². The molecule has 3 rings (SSSR count). The van der Waals surface area contributed by atoms with Gasteiger partial charge < -0.3 is 14.8 Å². The molecule has 0 bridgehead atoms. The Labute approximate surface area is 142 Å². The quantitative estimate of drug-likeness (QED) is 0.883. The second-order valence-corrected chi connectivity index (χ2v) is 5.69. The summed E-state index contributed by atoms with van der Waals surface area (Å²) in [5.41, 5.74) is 2.92. The first-order chi connectivity index (χ1) is 11.9. The molecule has 0 aliphatic heterocycles. The zero-order chi connectivity index (χ0) is 17.9. The van der Waals surface area contributed by atoms with Crippen LogP contribution in [0.5, 0.6) is 11.5 Å². The van der Waals surface area contributed by atoms with E-state index in [1.807, 2.05) is 18.2 Å². The van der Waals surface area contributed by atoms with E-state index in [1.165, 1.54) is 23.3 Å². The Morgan fingerprint density at radius 1 is 1.00 bits per heavy atom. The topological polar surface area (TPSA) is 47.6 Å². The summed E-state index contributed by atoms with van der Waals surface area (Å²) in [4.78, 5) is 11.9. The number of benzene rings is 2. The molecule has 0 heterocycles. The summed E-state index contributed by atoms with van der Waals surface area (Å²) in [5, 5.41) is 2.55. The zero-order valence-electron chi connectivity index (χ0n) is 13.2. The van der Waals surface area contributed by atoms with Gasteiger partial charge >= 0.3 is 6.36 Å². The van der Waals surface area contributed by atoms with Crippen LogP contribution >= 0.6 is 0 Å². The van der Waals surface area contributed by atoms with Gasteiger partial charge in [0.1, 0.15) is 11.5 Å². The maximum Gasteiger partial charge on any atom is 0.573 e. The highest BCUT2D eigenvalue weighted by Gasteiger charge is 2.30. The van der Waals surface area contributed by atoms with Crippen LogP contribution in [0.3, 0.4) is 0 Å². The van der Waals surface area contributed by atoms with Gasteiger partial charge in [-0.15, -0.1) is 13.2 Å². The third-order valence-corrected chi connectivity index (χ3v) is 3.81. The normalized spacial score (nSPS) is 13.2. The summed E-state index contributed by atoms with van der Waals surface area (Å²) in [5.74, 6) is -0.116. The van der Waals surface area contributed by atoms with Gasteiger partial charge in [-0.25, -0.2) is 0 Å². The number of halogens is 3. The molecule has 0 fully saturated rings. The summed E-state index contributed by atoms with van der Waals surface area (Å²) in [6, 6.07) is 10.7. The number of alkyl halides is 3. The van der Waals surface area contributed by atoms with Crippen LogP contribution in [0.25, 0.3) is 0 Å².